The van der Waals surface area contributed by atoms with Gasteiger partial charge in [0.2, 0.25) is 6.79 Å². The highest BCUT2D eigenvalue weighted by Crippen LogP contribution is 2.36. The van der Waals surface area contributed by atoms with Crippen LogP contribution >= 0.6 is 11.8 Å². The van der Waals surface area contributed by atoms with Crippen LogP contribution in [0.1, 0.15) is 5.56 Å². The molecule has 0 bridgehead atoms. The van der Waals surface area contributed by atoms with Gasteiger partial charge in [-0.05, 0) is 47.7 Å². The summed E-state index contributed by atoms with van der Waals surface area (Å²) in [5.41, 5.74) is 1.45. The fourth-order valence-corrected chi connectivity index (χ4v) is 3.46. The number of rotatable bonds is 4. The number of fused-ring (bicyclic) bond motifs is 1. The summed E-state index contributed by atoms with van der Waals surface area (Å²) in [6, 6.07) is 10.8. The molecule has 0 radical (unpaired) electrons. The Kier molecular flexibility index (Phi) is 4.64. The van der Waals surface area contributed by atoms with Gasteiger partial charge < -0.3 is 24.3 Å². The van der Waals surface area contributed by atoms with Crippen LogP contribution in [0.4, 0.5) is 5.69 Å². The first-order valence-electron chi connectivity index (χ1n) is 8.07. The van der Waals surface area contributed by atoms with Gasteiger partial charge in [0.25, 0.3) is 5.91 Å². The van der Waals surface area contributed by atoms with Crippen LogP contribution in [0.5, 0.6) is 23.0 Å². The molecule has 2 aliphatic rings. The van der Waals surface area contributed by atoms with E-state index in [0.717, 1.165) is 5.56 Å². The fraction of sp³-hybridized carbons (Fsp3) is 0.158. The molecule has 4 rings (SSSR count). The predicted octanol–water partition coefficient (Wildman–Crippen LogP) is 3.32. The molecule has 1 saturated heterocycles. The summed E-state index contributed by atoms with van der Waals surface area (Å²) in [6.45, 7) is 0.213. The third-order valence-electron chi connectivity index (χ3n) is 3.95. The number of benzene rings is 2. The molecule has 0 spiro atoms. The molecule has 0 saturated carbocycles. The number of aliphatic imine (C=N–C) groups is 1. The minimum Gasteiger partial charge on any atom is -0.497 e. The van der Waals surface area contributed by atoms with Gasteiger partial charge in [0.05, 0.1) is 19.1 Å². The van der Waals surface area contributed by atoms with Gasteiger partial charge in [-0.3, -0.25) is 4.79 Å². The van der Waals surface area contributed by atoms with Crippen molar-refractivity contribution >= 4 is 34.6 Å². The van der Waals surface area contributed by atoms with Crippen molar-refractivity contribution < 1.29 is 23.7 Å². The second-order valence-corrected chi connectivity index (χ2v) is 6.66. The van der Waals surface area contributed by atoms with Crippen LogP contribution < -0.4 is 24.3 Å². The van der Waals surface area contributed by atoms with Crippen molar-refractivity contribution in [2.24, 2.45) is 4.99 Å². The average Bonchev–Trinajstić information content (AvgIpc) is 3.28. The third kappa shape index (κ3) is 3.56. The van der Waals surface area contributed by atoms with Crippen LogP contribution in [-0.4, -0.2) is 32.1 Å². The van der Waals surface area contributed by atoms with E-state index in [2.05, 4.69) is 10.3 Å². The monoisotopic (exact) mass is 384 g/mol. The van der Waals surface area contributed by atoms with Crippen molar-refractivity contribution in [3.05, 3.63) is 46.9 Å². The van der Waals surface area contributed by atoms with E-state index in [1.165, 1.54) is 11.8 Å². The zero-order valence-electron chi connectivity index (χ0n) is 14.6. The predicted molar refractivity (Wildman–Crippen MR) is 103 cm³/mol. The average molecular weight is 384 g/mol. The van der Waals surface area contributed by atoms with Crippen molar-refractivity contribution in [2.45, 2.75) is 0 Å². The highest BCUT2D eigenvalue weighted by atomic mass is 32.2. The van der Waals surface area contributed by atoms with E-state index in [0.29, 0.717) is 38.8 Å². The number of nitrogens with zero attached hydrogens (tertiary/aromatic N) is 1. The van der Waals surface area contributed by atoms with Crippen LogP contribution in [0.15, 0.2) is 46.3 Å². The second-order valence-electron chi connectivity index (χ2n) is 5.63. The molecule has 0 aromatic heterocycles. The van der Waals surface area contributed by atoms with Crippen LogP contribution in [0, 0.1) is 0 Å². The lowest BCUT2D eigenvalue weighted by molar-refractivity contribution is -0.115. The summed E-state index contributed by atoms with van der Waals surface area (Å²) in [6.07, 6.45) is 1.79. The van der Waals surface area contributed by atoms with E-state index in [4.69, 9.17) is 18.9 Å². The van der Waals surface area contributed by atoms with Crippen molar-refractivity contribution in [2.75, 3.05) is 21.0 Å². The Bertz CT molecular complexity index is 971. The summed E-state index contributed by atoms with van der Waals surface area (Å²) in [5, 5.41) is 3.25. The molecule has 0 unspecified atom stereocenters. The van der Waals surface area contributed by atoms with Gasteiger partial charge in [0, 0.05) is 6.07 Å². The van der Waals surface area contributed by atoms with Gasteiger partial charge in [0.1, 0.15) is 17.2 Å². The maximum Gasteiger partial charge on any atom is 0.264 e. The minimum absolute atomic E-state index is 0.205. The molecular weight excluding hydrogens is 368 g/mol. The summed E-state index contributed by atoms with van der Waals surface area (Å²) in [4.78, 5) is 17.3. The van der Waals surface area contributed by atoms with E-state index >= 15 is 0 Å². The van der Waals surface area contributed by atoms with Crippen molar-refractivity contribution in [3.8, 4) is 23.0 Å². The molecule has 2 aromatic carbocycles. The first-order valence-corrected chi connectivity index (χ1v) is 8.89. The van der Waals surface area contributed by atoms with Crippen molar-refractivity contribution in [1.29, 1.82) is 0 Å². The smallest absolute Gasteiger partial charge is 0.264 e. The highest BCUT2D eigenvalue weighted by molar-refractivity contribution is 8.18. The molecule has 0 aliphatic carbocycles. The lowest BCUT2D eigenvalue weighted by Gasteiger charge is -2.07. The Hall–Kier alpha value is -3.13. The number of methoxy groups -OCH3 is 2. The Morgan fingerprint density at radius 2 is 1.96 bits per heavy atom. The molecule has 0 atom stereocenters. The lowest BCUT2D eigenvalue weighted by atomic mass is 10.2. The number of amides is 1. The number of hydrogen-bond acceptors (Lipinski definition) is 7. The van der Waals surface area contributed by atoms with Gasteiger partial charge in [0.15, 0.2) is 16.7 Å². The van der Waals surface area contributed by atoms with E-state index in [-0.39, 0.29) is 12.7 Å². The van der Waals surface area contributed by atoms with Crippen LogP contribution in [0.3, 0.4) is 0 Å². The highest BCUT2D eigenvalue weighted by Gasteiger charge is 2.24. The van der Waals surface area contributed by atoms with Crippen molar-refractivity contribution in [3.63, 3.8) is 0 Å². The fourth-order valence-electron chi connectivity index (χ4n) is 2.62. The standard InChI is InChI=1S/C19H16N2O5S/c1-23-12-4-5-13(15(9-12)24-2)20-19-21-18(22)17(27-19)8-11-3-6-14-16(7-11)26-10-25-14/h3-9H,10H2,1-2H3,(H,20,21,22). The quantitative estimate of drug-likeness (QED) is 0.815. The topological polar surface area (TPSA) is 78.4 Å². The number of carbonyl (C=O) groups is 1. The normalized spacial score (nSPS) is 18.1. The maximum atomic E-state index is 12.3. The SMILES string of the molecule is COc1ccc(N=C2NC(=O)C(=Cc3ccc4c(c3)OCO4)S2)c(OC)c1. The summed E-state index contributed by atoms with van der Waals surface area (Å²) >= 11 is 1.26. The zero-order valence-corrected chi connectivity index (χ0v) is 15.5. The van der Waals surface area contributed by atoms with Crippen LogP contribution in [0.25, 0.3) is 6.08 Å². The van der Waals surface area contributed by atoms with E-state index < -0.39 is 0 Å². The number of hydrogen-bond donors (Lipinski definition) is 1. The number of amidine groups is 1. The van der Waals surface area contributed by atoms with Gasteiger partial charge >= 0.3 is 0 Å². The molecule has 138 valence electrons. The summed E-state index contributed by atoms with van der Waals surface area (Å²) in [7, 11) is 3.14. The van der Waals surface area contributed by atoms with E-state index in [1.54, 1.807) is 38.5 Å². The zero-order chi connectivity index (χ0) is 18.8. The van der Waals surface area contributed by atoms with Crippen LogP contribution in [-0.2, 0) is 4.79 Å². The van der Waals surface area contributed by atoms with E-state index in [1.807, 2.05) is 18.2 Å². The molecule has 2 heterocycles. The van der Waals surface area contributed by atoms with E-state index in [9.17, 15) is 4.79 Å². The van der Waals surface area contributed by atoms with Gasteiger partial charge in [-0.25, -0.2) is 4.99 Å². The molecule has 2 aromatic rings. The Balaban J connectivity index is 1.58. The Morgan fingerprint density at radius 1 is 1.11 bits per heavy atom. The molecule has 1 amide bonds. The largest absolute Gasteiger partial charge is 0.497 e. The molecule has 1 N–H and O–H groups in total. The molecule has 8 heteroatoms. The van der Waals surface area contributed by atoms with Gasteiger partial charge in [-0.2, -0.15) is 0 Å². The number of thioether (sulfide) groups is 1. The first-order chi connectivity index (χ1) is 13.2. The second kappa shape index (κ2) is 7.24. The Labute approximate surface area is 160 Å². The molecule has 2 aliphatic heterocycles. The van der Waals surface area contributed by atoms with Gasteiger partial charge in [-0.1, -0.05) is 6.07 Å². The summed E-state index contributed by atoms with van der Waals surface area (Å²) in [5.74, 6) is 2.40. The number of carbonyl (C=O) groups excluding carboxylic acids is 1. The molecule has 27 heavy (non-hydrogen) atoms. The molecular formula is C19H16N2O5S. The Morgan fingerprint density at radius 3 is 2.78 bits per heavy atom. The number of nitrogens with one attached hydrogen (secondary N) is 1. The summed E-state index contributed by atoms with van der Waals surface area (Å²) < 4.78 is 21.2. The van der Waals surface area contributed by atoms with Crippen molar-refractivity contribution in [1.82, 2.24) is 5.32 Å². The first kappa shape index (κ1) is 17.3. The lowest BCUT2D eigenvalue weighted by Crippen LogP contribution is -2.19. The third-order valence-corrected chi connectivity index (χ3v) is 4.86. The number of ether oxygens (including phenoxy) is 4. The van der Waals surface area contributed by atoms with Crippen LogP contribution in [0.2, 0.25) is 0 Å². The van der Waals surface area contributed by atoms with Gasteiger partial charge in [-0.15, -0.1) is 0 Å². The molecule has 1 fully saturated rings. The maximum absolute atomic E-state index is 12.3. The molecule has 7 nitrogen and oxygen atoms in total. The minimum atomic E-state index is -0.205.